The van der Waals surface area contributed by atoms with Gasteiger partial charge in [-0.25, -0.2) is 0 Å². The highest BCUT2D eigenvalue weighted by molar-refractivity contribution is 9.10. The molecule has 0 aliphatic carbocycles. The highest BCUT2D eigenvalue weighted by Gasteiger charge is 2.14. The summed E-state index contributed by atoms with van der Waals surface area (Å²) in [7, 11) is 0. The fourth-order valence-corrected chi connectivity index (χ4v) is 2.83. The lowest BCUT2D eigenvalue weighted by atomic mass is 10.2. The molecule has 5 heteroatoms. The number of rotatable bonds is 4. The zero-order valence-electron chi connectivity index (χ0n) is 11.4. The minimum Gasteiger partial charge on any atom is -0.342 e. The Bertz CT molecular complexity index is 635. The van der Waals surface area contributed by atoms with Crippen molar-refractivity contribution < 1.29 is 4.79 Å². The van der Waals surface area contributed by atoms with E-state index < -0.39 is 0 Å². The van der Waals surface area contributed by atoms with Crippen LogP contribution in [0.2, 0.25) is 0 Å². The summed E-state index contributed by atoms with van der Waals surface area (Å²) in [6.45, 7) is 4.89. The summed E-state index contributed by atoms with van der Waals surface area (Å²) in [6, 6.07) is 7.69. The average Bonchev–Trinajstić information content (AvgIpc) is 2.75. The van der Waals surface area contributed by atoms with Crippen molar-refractivity contribution in [3.63, 3.8) is 0 Å². The van der Waals surface area contributed by atoms with Gasteiger partial charge in [-0.2, -0.15) is 0 Å². The van der Waals surface area contributed by atoms with Crippen molar-refractivity contribution in [2.45, 2.75) is 26.8 Å². The first-order valence-electron chi connectivity index (χ1n) is 6.44. The highest BCUT2D eigenvalue weighted by Crippen LogP contribution is 2.22. The third kappa shape index (κ3) is 3.52. The molecule has 20 heavy (non-hydrogen) atoms. The number of nitrogens with zero attached hydrogens (tertiary/aromatic N) is 1. The Morgan fingerprint density at radius 2 is 2.00 bits per heavy atom. The van der Waals surface area contributed by atoms with E-state index in [-0.39, 0.29) is 5.91 Å². The second kappa shape index (κ2) is 6.59. The van der Waals surface area contributed by atoms with E-state index in [1.807, 2.05) is 42.0 Å². The number of carbonyl (C=O) groups excluding carboxylic acids is 1. The lowest BCUT2D eigenvalue weighted by molar-refractivity contribution is 0.101. The average molecular weight is 400 g/mol. The van der Waals surface area contributed by atoms with Gasteiger partial charge in [0.05, 0.1) is 0 Å². The van der Waals surface area contributed by atoms with Crippen molar-refractivity contribution in [1.82, 2.24) is 4.57 Å². The first kappa shape index (κ1) is 15.3. The van der Waals surface area contributed by atoms with E-state index in [2.05, 4.69) is 44.1 Å². The van der Waals surface area contributed by atoms with E-state index in [1.54, 1.807) is 0 Å². The molecule has 0 bridgehead atoms. The molecule has 0 spiro atoms. The van der Waals surface area contributed by atoms with E-state index in [1.165, 1.54) is 0 Å². The Kier molecular flexibility index (Phi) is 5.05. The van der Waals surface area contributed by atoms with Gasteiger partial charge in [-0.05, 0) is 53.0 Å². The van der Waals surface area contributed by atoms with Gasteiger partial charge < -0.3 is 9.88 Å². The number of aryl methyl sites for hydroxylation is 2. The number of hydrogen-bond acceptors (Lipinski definition) is 1. The van der Waals surface area contributed by atoms with Crippen LogP contribution in [-0.2, 0) is 6.54 Å². The molecule has 1 amide bonds. The Labute approximate surface area is 135 Å². The Morgan fingerprint density at radius 1 is 1.25 bits per heavy atom. The fourth-order valence-electron chi connectivity index (χ4n) is 2.01. The van der Waals surface area contributed by atoms with Crippen molar-refractivity contribution in [2.75, 3.05) is 5.32 Å². The largest absolute Gasteiger partial charge is 0.342 e. The van der Waals surface area contributed by atoms with Gasteiger partial charge in [0.25, 0.3) is 5.91 Å². The second-order valence-electron chi connectivity index (χ2n) is 4.65. The molecule has 0 saturated heterocycles. The Morgan fingerprint density at radius 3 is 2.70 bits per heavy atom. The molecule has 0 saturated carbocycles. The lowest BCUT2D eigenvalue weighted by Gasteiger charge is -2.11. The van der Waals surface area contributed by atoms with E-state index >= 15 is 0 Å². The van der Waals surface area contributed by atoms with Crippen LogP contribution in [0.15, 0.2) is 39.4 Å². The van der Waals surface area contributed by atoms with Crippen LogP contribution in [0, 0.1) is 6.92 Å². The van der Waals surface area contributed by atoms with Crippen LogP contribution in [0.3, 0.4) is 0 Å². The molecule has 0 aliphatic heterocycles. The minimum absolute atomic E-state index is 0.0923. The second-order valence-corrected chi connectivity index (χ2v) is 6.48. The van der Waals surface area contributed by atoms with Crippen LogP contribution >= 0.6 is 31.9 Å². The normalized spacial score (nSPS) is 10.6. The van der Waals surface area contributed by atoms with Crippen molar-refractivity contribution in [1.29, 1.82) is 0 Å². The molecule has 1 aromatic carbocycles. The van der Waals surface area contributed by atoms with E-state index in [0.29, 0.717) is 5.69 Å². The van der Waals surface area contributed by atoms with Crippen molar-refractivity contribution in [3.05, 3.63) is 50.7 Å². The van der Waals surface area contributed by atoms with Gasteiger partial charge in [-0.3, -0.25) is 4.79 Å². The maximum Gasteiger partial charge on any atom is 0.272 e. The molecule has 0 fully saturated rings. The van der Waals surface area contributed by atoms with Gasteiger partial charge >= 0.3 is 0 Å². The molecule has 0 aliphatic rings. The highest BCUT2D eigenvalue weighted by atomic mass is 79.9. The van der Waals surface area contributed by atoms with E-state index in [0.717, 1.165) is 33.2 Å². The number of amides is 1. The molecule has 106 valence electrons. The van der Waals surface area contributed by atoms with Crippen LogP contribution in [0.5, 0.6) is 0 Å². The first-order valence-corrected chi connectivity index (χ1v) is 8.03. The summed E-state index contributed by atoms with van der Waals surface area (Å²) in [5.41, 5.74) is 2.53. The Balaban J connectivity index is 2.26. The standard InChI is InChI=1S/C15H16Br2N2O/c1-3-6-19-9-12(17)8-14(19)15(20)18-13-7-11(16)5-4-10(13)2/h4-5,7-9H,3,6H2,1-2H3,(H,18,20). The fraction of sp³-hybridized carbons (Fsp3) is 0.267. The van der Waals surface area contributed by atoms with Crippen molar-refractivity contribution >= 4 is 43.5 Å². The molecule has 2 aromatic rings. The van der Waals surface area contributed by atoms with Gasteiger partial charge in [0.15, 0.2) is 0 Å². The molecule has 3 nitrogen and oxygen atoms in total. The smallest absolute Gasteiger partial charge is 0.272 e. The summed E-state index contributed by atoms with van der Waals surface area (Å²) in [6.07, 6.45) is 2.92. The number of carbonyl (C=O) groups is 1. The number of anilines is 1. The van der Waals surface area contributed by atoms with Gasteiger partial charge in [-0.15, -0.1) is 0 Å². The predicted molar refractivity (Wildman–Crippen MR) is 89.3 cm³/mol. The molecular weight excluding hydrogens is 384 g/mol. The number of aromatic nitrogens is 1. The Hall–Kier alpha value is -1.07. The molecule has 2 rings (SSSR count). The summed E-state index contributed by atoms with van der Waals surface area (Å²) in [5.74, 6) is -0.0923. The number of nitrogens with one attached hydrogen (secondary N) is 1. The van der Waals surface area contributed by atoms with E-state index in [4.69, 9.17) is 0 Å². The zero-order chi connectivity index (χ0) is 14.7. The van der Waals surface area contributed by atoms with Crippen LogP contribution in [0.25, 0.3) is 0 Å². The maximum absolute atomic E-state index is 12.4. The number of hydrogen-bond donors (Lipinski definition) is 1. The van der Waals surface area contributed by atoms with Gasteiger partial charge in [0, 0.05) is 27.4 Å². The van der Waals surface area contributed by atoms with Gasteiger partial charge in [0.2, 0.25) is 0 Å². The quantitative estimate of drug-likeness (QED) is 0.772. The molecule has 0 atom stereocenters. The topological polar surface area (TPSA) is 34.0 Å². The van der Waals surface area contributed by atoms with E-state index in [9.17, 15) is 4.79 Å². The van der Waals surface area contributed by atoms with Crippen molar-refractivity contribution in [2.24, 2.45) is 0 Å². The molecular formula is C15H16Br2N2O. The van der Waals surface area contributed by atoms with Crippen LogP contribution in [0.1, 0.15) is 29.4 Å². The molecule has 0 radical (unpaired) electrons. The molecule has 1 aromatic heterocycles. The number of benzene rings is 1. The third-order valence-electron chi connectivity index (χ3n) is 3.01. The number of halogens is 2. The van der Waals surface area contributed by atoms with Crippen LogP contribution in [-0.4, -0.2) is 10.5 Å². The SMILES string of the molecule is CCCn1cc(Br)cc1C(=O)Nc1cc(Br)ccc1C. The molecule has 0 unspecified atom stereocenters. The summed E-state index contributed by atoms with van der Waals surface area (Å²) >= 11 is 6.85. The van der Waals surface area contributed by atoms with Crippen molar-refractivity contribution in [3.8, 4) is 0 Å². The summed E-state index contributed by atoms with van der Waals surface area (Å²) < 4.78 is 3.83. The van der Waals surface area contributed by atoms with Crippen LogP contribution < -0.4 is 5.32 Å². The lowest BCUT2D eigenvalue weighted by Crippen LogP contribution is -2.17. The summed E-state index contributed by atoms with van der Waals surface area (Å²) in [5, 5.41) is 2.97. The third-order valence-corrected chi connectivity index (χ3v) is 3.94. The monoisotopic (exact) mass is 398 g/mol. The summed E-state index contributed by atoms with van der Waals surface area (Å²) in [4.78, 5) is 12.4. The molecule has 1 heterocycles. The maximum atomic E-state index is 12.4. The predicted octanol–water partition coefficient (Wildman–Crippen LogP) is 4.98. The molecule has 1 N–H and O–H groups in total. The van der Waals surface area contributed by atoms with Gasteiger partial charge in [0.1, 0.15) is 5.69 Å². The first-order chi connectivity index (χ1) is 9.51. The minimum atomic E-state index is -0.0923. The van der Waals surface area contributed by atoms with Crippen LogP contribution in [0.4, 0.5) is 5.69 Å². The zero-order valence-corrected chi connectivity index (χ0v) is 14.6. The van der Waals surface area contributed by atoms with Gasteiger partial charge in [-0.1, -0.05) is 28.9 Å².